The average molecular weight is 428 g/mol. The summed E-state index contributed by atoms with van der Waals surface area (Å²) in [5.74, 6) is 1.86. The number of ether oxygens (including phenoxy) is 3. The van der Waals surface area contributed by atoms with E-state index in [4.69, 9.17) is 14.2 Å². The number of hydrogen-bond donors (Lipinski definition) is 1. The number of sulfone groups is 1. The number of aromatic nitrogens is 2. The largest absolute Gasteiger partial charge is 0.488 e. The van der Waals surface area contributed by atoms with Gasteiger partial charge in [-0.05, 0) is 36.4 Å². The highest BCUT2D eigenvalue weighted by molar-refractivity contribution is 7.90. The van der Waals surface area contributed by atoms with Gasteiger partial charge >= 0.3 is 0 Å². The smallest absolute Gasteiger partial charge is 0.251 e. The van der Waals surface area contributed by atoms with Crippen LogP contribution >= 0.6 is 0 Å². The first-order chi connectivity index (χ1) is 14.4. The van der Waals surface area contributed by atoms with Crippen molar-refractivity contribution in [3.8, 4) is 28.6 Å². The van der Waals surface area contributed by atoms with Gasteiger partial charge in [0.1, 0.15) is 29.2 Å². The zero-order valence-corrected chi connectivity index (χ0v) is 17.0. The molecule has 1 aromatic heterocycles. The van der Waals surface area contributed by atoms with Crippen molar-refractivity contribution in [1.29, 1.82) is 0 Å². The molecule has 3 aromatic rings. The second-order valence-corrected chi connectivity index (χ2v) is 8.94. The van der Waals surface area contributed by atoms with Crippen LogP contribution in [0.3, 0.4) is 0 Å². The van der Waals surface area contributed by atoms with E-state index in [1.807, 2.05) is 0 Å². The van der Waals surface area contributed by atoms with Gasteiger partial charge in [-0.2, -0.15) is 0 Å². The second kappa shape index (κ2) is 8.29. The van der Waals surface area contributed by atoms with E-state index in [1.54, 1.807) is 30.3 Å². The van der Waals surface area contributed by atoms with Gasteiger partial charge in [-0.1, -0.05) is 0 Å². The van der Waals surface area contributed by atoms with E-state index >= 15 is 0 Å². The molecule has 0 spiro atoms. The summed E-state index contributed by atoms with van der Waals surface area (Å²) in [4.78, 5) is 18.8. The molecule has 1 unspecified atom stereocenters. The van der Waals surface area contributed by atoms with E-state index in [0.29, 0.717) is 41.9 Å². The number of nitrogens with one attached hydrogen (secondary N) is 1. The van der Waals surface area contributed by atoms with Crippen LogP contribution in [0.25, 0.3) is 11.4 Å². The Morgan fingerprint density at radius 2 is 1.83 bits per heavy atom. The fraction of sp³-hybridized carbons (Fsp3) is 0.238. The van der Waals surface area contributed by atoms with Gasteiger partial charge in [0.05, 0.1) is 18.1 Å². The third-order valence-corrected chi connectivity index (χ3v) is 5.63. The van der Waals surface area contributed by atoms with Crippen molar-refractivity contribution in [2.75, 3.05) is 19.5 Å². The molecule has 2 aromatic carbocycles. The van der Waals surface area contributed by atoms with Crippen molar-refractivity contribution in [2.45, 2.75) is 17.4 Å². The van der Waals surface area contributed by atoms with E-state index in [2.05, 4.69) is 9.97 Å². The third-order valence-electron chi connectivity index (χ3n) is 4.50. The number of aromatic amines is 1. The van der Waals surface area contributed by atoms with Crippen LogP contribution in [0.2, 0.25) is 0 Å². The van der Waals surface area contributed by atoms with E-state index in [9.17, 15) is 13.2 Å². The van der Waals surface area contributed by atoms with Crippen molar-refractivity contribution in [2.24, 2.45) is 0 Å². The SMILES string of the molecule is CS(=O)(=O)c1ccc(Oc2cc(OC3CCOC3)cc(-c3nccc(=O)[nH]3)c2)cc1. The predicted molar refractivity (Wildman–Crippen MR) is 110 cm³/mol. The van der Waals surface area contributed by atoms with Gasteiger partial charge in [0, 0.05) is 36.6 Å². The Bertz CT molecular complexity index is 1200. The van der Waals surface area contributed by atoms with Crippen LogP contribution in [0, 0.1) is 0 Å². The highest BCUT2D eigenvalue weighted by Gasteiger charge is 2.18. The van der Waals surface area contributed by atoms with Gasteiger partial charge in [0.15, 0.2) is 9.84 Å². The maximum atomic E-state index is 11.7. The van der Waals surface area contributed by atoms with Crippen molar-refractivity contribution in [1.82, 2.24) is 9.97 Å². The highest BCUT2D eigenvalue weighted by Crippen LogP contribution is 2.32. The lowest BCUT2D eigenvalue weighted by molar-refractivity contribution is 0.141. The molecule has 0 bridgehead atoms. The molecule has 1 N–H and O–H groups in total. The summed E-state index contributed by atoms with van der Waals surface area (Å²) in [7, 11) is -3.29. The molecule has 1 aliphatic rings. The molecule has 4 rings (SSSR count). The molecule has 9 heteroatoms. The van der Waals surface area contributed by atoms with E-state index in [-0.39, 0.29) is 16.6 Å². The van der Waals surface area contributed by atoms with Gasteiger partial charge in [-0.15, -0.1) is 0 Å². The summed E-state index contributed by atoms with van der Waals surface area (Å²) in [6.07, 6.45) is 3.30. The minimum absolute atomic E-state index is 0.0649. The minimum atomic E-state index is -3.29. The van der Waals surface area contributed by atoms with Crippen LogP contribution in [-0.2, 0) is 14.6 Å². The number of benzene rings is 2. The molecule has 1 atom stereocenters. The molecule has 8 nitrogen and oxygen atoms in total. The van der Waals surface area contributed by atoms with Gasteiger partial charge in [-0.25, -0.2) is 13.4 Å². The quantitative estimate of drug-likeness (QED) is 0.643. The van der Waals surface area contributed by atoms with Crippen LogP contribution in [0.4, 0.5) is 0 Å². The van der Waals surface area contributed by atoms with Crippen molar-refractivity contribution in [3.63, 3.8) is 0 Å². The number of H-pyrrole nitrogens is 1. The van der Waals surface area contributed by atoms with Crippen LogP contribution in [0.15, 0.2) is 64.4 Å². The maximum absolute atomic E-state index is 11.7. The summed E-state index contributed by atoms with van der Waals surface area (Å²) in [5.41, 5.74) is 0.348. The normalized spacial score (nSPS) is 16.4. The number of nitrogens with zero attached hydrogens (tertiary/aromatic N) is 1. The third kappa shape index (κ3) is 4.87. The second-order valence-electron chi connectivity index (χ2n) is 6.92. The first kappa shape index (κ1) is 20.1. The van der Waals surface area contributed by atoms with E-state index in [1.165, 1.54) is 24.4 Å². The standard InChI is InChI=1S/C21H20N2O6S/c1-30(25,26)19-4-2-15(3-5-19)28-17-10-14(21-22-8-6-20(24)23-21)11-18(12-17)29-16-7-9-27-13-16/h2-6,8,10-12,16H,7,9,13H2,1H3,(H,22,23,24). The molecule has 2 heterocycles. The Kier molecular flexibility index (Phi) is 5.56. The average Bonchev–Trinajstić information content (AvgIpc) is 3.20. The van der Waals surface area contributed by atoms with Crippen molar-refractivity contribution >= 4 is 9.84 Å². The zero-order valence-electron chi connectivity index (χ0n) is 16.2. The number of rotatable bonds is 6. The molecule has 0 radical (unpaired) electrons. The summed E-state index contributed by atoms with van der Waals surface area (Å²) in [6.45, 7) is 1.15. The number of hydrogen-bond acceptors (Lipinski definition) is 7. The first-order valence-electron chi connectivity index (χ1n) is 9.30. The monoisotopic (exact) mass is 428 g/mol. The Balaban J connectivity index is 1.67. The Morgan fingerprint density at radius 1 is 1.07 bits per heavy atom. The summed E-state index contributed by atoms with van der Waals surface area (Å²) < 4.78 is 40.6. The Labute approximate surface area is 173 Å². The van der Waals surface area contributed by atoms with Gasteiger partial charge in [0.2, 0.25) is 0 Å². The molecule has 1 aliphatic heterocycles. The lowest BCUT2D eigenvalue weighted by Gasteiger charge is -2.15. The van der Waals surface area contributed by atoms with Gasteiger partial charge in [0.25, 0.3) is 5.56 Å². The van der Waals surface area contributed by atoms with E-state index < -0.39 is 9.84 Å². The molecule has 1 saturated heterocycles. The Morgan fingerprint density at radius 3 is 2.50 bits per heavy atom. The molecular formula is C21H20N2O6S. The van der Waals surface area contributed by atoms with Crippen LogP contribution < -0.4 is 15.0 Å². The molecule has 1 fully saturated rings. The maximum Gasteiger partial charge on any atom is 0.251 e. The Hall–Kier alpha value is -3.17. The summed E-state index contributed by atoms with van der Waals surface area (Å²) >= 11 is 0. The predicted octanol–water partition coefficient (Wildman–Crippen LogP) is 2.80. The van der Waals surface area contributed by atoms with E-state index in [0.717, 1.165) is 12.7 Å². The molecule has 0 aliphatic carbocycles. The van der Waals surface area contributed by atoms with Crippen LogP contribution in [0.1, 0.15) is 6.42 Å². The lowest BCUT2D eigenvalue weighted by Crippen LogP contribution is -2.15. The zero-order chi connectivity index (χ0) is 21.1. The molecule has 0 amide bonds. The molecule has 156 valence electrons. The van der Waals surface area contributed by atoms with Crippen molar-refractivity contribution in [3.05, 3.63) is 65.1 Å². The van der Waals surface area contributed by atoms with Gasteiger partial charge in [-0.3, -0.25) is 4.79 Å². The minimum Gasteiger partial charge on any atom is -0.488 e. The van der Waals surface area contributed by atoms with Gasteiger partial charge < -0.3 is 19.2 Å². The molecule has 30 heavy (non-hydrogen) atoms. The topological polar surface area (TPSA) is 108 Å². The molecular weight excluding hydrogens is 408 g/mol. The van der Waals surface area contributed by atoms with Crippen molar-refractivity contribution < 1.29 is 22.6 Å². The summed E-state index contributed by atoms with van der Waals surface area (Å²) in [6, 6.07) is 12.7. The van der Waals surface area contributed by atoms with Crippen LogP contribution in [0.5, 0.6) is 17.2 Å². The summed E-state index contributed by atoms with van der Waals surface area (Å²) in [5, 5.41) is 0. The lowest BCUT2D eigenvalue weighted by atomic mass is 10.1. The fourth-order valence-corrected chi connectivity index (χ4v) is 3.67. The fourth-order valence-electron chi connectivity index (χ4n) is 3.04. The van der Waals surface area contributed by atoms with Crippen LogP contribution in [-0.4, -0.2) is 44.0 Å². The highest BCUT2D eigenvalue weighted by atomic mass is 32.2. The molecule has 0 saturated carbocycles. The first-order valence-corrected chi connectivity index (χ1v) is 11.2.